The summed E-state index contributed by atoms with van der Waals surface area (Å²) in [6, 6.07) is 5.07. The van der Waals surface area contributed by atoms with Crippen molar-refractivity contribution < 1.29 is 19.2 Å². The highest BCUT2D eigenvalue weighted by Gasteiger charge is 2.33. The third-order valence-corrected chi connectivity index (χ3v) is 7.01. The number of nitrogens with zero attached hydrogens (tertiary/aromatic N) is 4. The molecule has 0 unspecified atom stereocenters. The molecule has 32 heavy (non-hydrogen) atoms. The first-order valence-electron chi connectivity index (χ1n) is 11.0. The summed E-state index contributed by atoms with van der Waals surface area (Å²) in [6.07, 6.45) is 2.01. The third-order valence-electron chi connectivity index (χ3n) is 6.00. The number of aromatic nitrogens is 1. The van der Waals surface area contributed by atoms with Gasteiger partial charge in [-0.25, -0.2) is 14.7 Å². The van der Waals surface area contributed by atoms with E-state index in [0.29, 0.717) is 42.5 Å². The van der Waals surface area contributed by atoms with Gasteiger partial charge in [-0.1, -0.05) is 11.3 Å². The molecule has 1 aromatic carbocycles. The summed E-state index contributed by atoms with van der Waals surface area (Å²) in [5, 5.41) is 3.28. The molecule has 2 aliphatic rings. The van der Waals surface area contributed by atoms with Crippen LogP contribution in [0.4, 0.5) is 15.6 Å². The Morgan fingerprint density at radius 1 is 1.19 bits per heavy atom. The van der Waals surface area contributed by atoms with Crippen molar-refractivity contribution in [2.75, 3.05) is 36.4 Å². The number of fused-ring (bicyclic) bond motifs is 1. The summed E-state index contributed by atoms with van der Waals surface area (Å²) in [5.41, 5.74) is 1.27. The van der Waals surface area contributed by atoms with Crippen LogP contribution in [-0.4, -0.2) is 64.7 Å². The van der Waals surface area contributed by atoms with Crippen LogP contribution in [0.5, 0.6) is 0 Å². The van der Waals surface area contributed by atoms with Crippen molar-refractivity contribution in [2.24, 2.45) is 5.92 Å². The number of thiazole rings is 1. The summed E-state index contributed by atoms with van der Waals surface area (Å²) < 4.78 is 0.776. The summed E-state index contributed by atoms with van der Waals surface area (Å²) in [7, 11) is 0. The zero-order valence-corrected chi connectivity index (χ0v) is 19.1. The van der Waals surface area contributed by atoms with E-state index in [1.807, 2.05) is 18.7 Å². The molecule has 4 rings (SSSR count). The zero-order valence-electron chi connectivity index (χ0n) is 18.3. The summed E-state index contributed by atoms with van der Waals surface area (Å²) >= 11 is 1.25. The lowest BCUT2D eigenvalue weighted by Crippen LogP contribution is -2.47. The van der Waals surface area contributed by atoms with E-state index < -0.39 is 0 Å². The number of urea groups is 1. The Labute approximate surface area is 190 Å². The minimum Gasteiger partial charge on any atom is -0.343 e. The highest BCUT2D eigenvalue weighted by molar-refractivity contribution is 7.22. The van der Waals surface area contributed by atoms with E-state index in [2.05, 4.69) is 10.3 Å². The van der Waals surface area contributed by atoms with E-state index in [-0.39, 0.29) is 42.5 Å². The Morgan fingerprint density at radius 2 is 1.91 bits per heavy atom. The molecule has 0 spiro atoms. The van der Waals surface area contributed by atoms with E-state index in [1.54, 1.807) is 23.1 Å². The lowest BCUT2D eigenvalue weighted by atomic mass is 9.96. The van der Waals surface area contributed by atoms with Crippen molar-refractivity contribution in [2.45, 2.75) is 39.5 Å². The monoisotopic (exact) mass is 457 g/mol. The second kappa shape index (κ2) is 9.23. The van der Waals surface area contributed by atoms with Crippen LogP contribution in [0, 0.1) is 5.92 Å². The molecule has 2 aliphatic heterocycles. The molecule has 170 valence electrons. The molecule has 0 bridgehead atoms. The van der Waals surface area contributed by atoms with Gasteiger partial charge in [-0.3, -0.25) is 14.4 Å². The van der Waals surface area contributed by atoms with Gasteiger partial charge in [0.1, 0.15) is 0 Å². The van der Waals surface area contributed by atoms with Crippen LogP contribution in [0.2, 0.25) is 0 Å². The number of hydrogen-bond acceptors (Lipinski definition) is 6. The van der Waals surface area contributed by atoms with Gasteiger partial charge < -0.3 is 15.1 Å². The summed E-state index contributed by atoms with van der Waals surface area (Å²) in [5.74, 6) is -0.531. The van der Waals surface area contributed by atoms with Crippen molar-refractivity contribution in [3.05, 3.63) is 18.2 Å². The summed E-state index contributed by atoms with van der Waals surface area (Å²) in [6.45, 7) is 6.29. The van der Waals surface area contributed by atoms with Crippen molar-refractivity contribution in [3.8, 4) is 0 Å². The molecule has 1 atom stereocenters. The number of carbonyl (C=O) groups is 4. The maximum atomic E-state index is 12.9. The molecule has 9 nitrogen and oxygen atoms in total. The number of imide groups is 1. The maximum absolute atomic E-state index is 12.9. The SMILES string of the molecule is CCN(CC)C(=O)[C@H]1CCCN(C(=O)Nc2ccc3nc(N4C(=O)CCC4=O)sc3c2)C1. The summed E-state index contributed by atoms with van der Waals surface area (Å²) in [4.78, 5) is 58.6. The molecule has 5 amide bonds. The maximum Gasteiger partial charge on any atom is 0.321 e. The van der Waals surface area contributed by atoms with Gasteiger partial charge in [0.2, 0.25) is 17.7 Å². The topological polar surface area (TPSA) is 103 Å². The molecule has 0 saturated carbocycles. The van der Waals surface area contributed by atoms with Crippen molar-refractivity contribution in [1.29, 1.82) is 0 Å². The van der Waals surface area contributed by atoms with E-state index in [4.69, 9.17) is 0 Å². The Morgan fingerprint density at radius 3 is 2.59 bits per heavy atom. The van der Waals surface area contributed by atoms with Crippen LogP contribution in [0.15, 0.2) is 18.2 Å². The van der Waals surface area contributed by atoms with Gasteiger partial charge in [-0.15, -0.1) is 0 Å². The number of carbonyl (C=O) groups excluding carboxylic acids is 4. The average molecular weight is 458 g/mol. The first-order valence-corrected chi connectivity index (χ1v) is 11.8. The molecular weight excluding hydrogens is 430 g/mol. The molecule has 0 aliphatic carbocycles. The molecule has 3 heterocycles. The molecule has 2 fully saturated rings. The predicted octanol–water partition coefficient (Wildman–Crippen LogP) is 3.06. The molecule has 2 aromatic rings. The first kappa shape index (κ1) is 22.2. The Balaban J connectivity index is 1.44. The number of likely N-dealkylation sites (tertiary alicyclic amines) is 1. The fraction of sp³-hybridized carbons (Fsp3) is 0.500. The van der Waals surface area contributed by atoms with Gasteiger partial charge in [0, 0.05) is 44.7 Å². The second-order valence-corrected chi connectivity index (χ2v) is 9.04. The molecular formula is C22H27N5O4S. The van der Waals surface area contributed by atoms with Crippen molar-refractivity contribution >= 4 is 56.1 Å². The lowest BCUT2D eigenvalue weighted by molar-refractivity contribution is -0.136. The number of anilines is 2. The molecule has 0 radical (unpaired) electrons. The number of hydrogen-bond donors (Lipinski definition) is 1. The van der Waals surface area contributed by atoms with Crippen LogP contribution in [-0.2, 0) is 14.4 Å². The zero-order chi connectivity index (χ0) is 22.8. The number of amides is 5. The smallest absolute Gasteiger partial charge is 0.321 e. The molecule has 10 heteroatoms. The average Bonchev–Trinajstić information content (AvgIpc) is 3.36. The molecule has 1 aromatic heterocycles. The first-order chi connectivity index (χ1) is 15.4. The Bertz CT molecular complexity index is 1050. The molecule has 1 N–H and O–H groups in total. The second-order valence-electron chi connectivity index (χ2n) is 8.03. The van der Waals surface area contributed by atoms with Crippen LogP contribution in [0.25, 0.3) is 10.2 Å². The molecule has 2 saturated heterocycles. The fourth-order valence-electron chi connectivity index (χ4n) is 4.23. The van der Waals surface area contributed by atoms with E-state index in [9.17, 15) is 19.2 Å². The number of rotatable bonds is 5. The van der Waals surface area contributed by atoms with Gasteiger partial charge in [0.15, 0.2) is 5.13 Å². The lowest BCUT2D eigenvalue weighted by Gasteiger charge is -2.34. The Hall–Kier alpha value is -3.01. The number of piperidine rings is 1. The van der Waals surface area contributed by atoms with Gasteiger partial charge in [-0.2, -0.15) is 0 Å². The van der Waals surface area contributed by atoms with Crippen LogP contribution in [0.1, 0.15) is 39.5 Å². The van der Waals surface area contributed by atoms with Gasteiger partial charge >= 0.3 is 6.03 Å². The third kappa shape index (κ3) is 4.32. The normalized spacial score (nSPS) is 19.0. The van der Waals surface area contributed by atoms with Gasteiger partial charge in [0.25, 0.3) is 0 Å². The minimum absolute atomic E-state index is 0.108. The predicted molar refractivity (Wildman–Crippen MR) is 123 cm³/mol. The number of benzene rings is 1. The van der Waals surface area contributed by atoms with E-state index in [1.165, 1.54) is 11.3 Å². The van der Waals surface area contributed by atoms with Gasteiger partial charge in [0.05, 0.1) is 16.1 Å². The van der Waals surface area contributed by atoms with Crippen LogP contribution in [0.3, 0.4) is 0 Å². The Kier molecular flexibility index (Phi) is 6.40. The highest BCUT2D eigenvalue weighted by atomic mass is 32.1. The van der Waals surface area contributed by atoms with Crippen molar-refractivity contribution in [3.63, 3.8) is 0 Å². The minimum atomic E-state index is -0.240. The van der Waals surface area contributed by atoms with Crippen molar-refractivity contribution in [1.82, 2.24) is 14.8 Å². The van der Waals surface area contributed by atoms with Crippen LogP contribution < -0.4 is 10.2 Å². The highest BCUT2D eigenvalue weighted by Crippen LogP contribution is 2.33. The van der Waals surface area contributed by atoms with Crippen LogP contribution >= 0.6 is 11.3 Å². The standard InChI is InChI=1S/C22H27N5O4S/c1-3-25(4-2)20(30)14-6-5-11-26(13-14)21(31)23-15-7-8-16-17(12-15)32-22(24-16)27-18(28)9-10-19(27)29/h7-8,12,14H,3-6,9-11,13H2,1-2H3,(H,23,31)/t14-/m0/s1. The number of nitrogens with one attached hydrogen (secondary N) is 1. The van der Waals surface area contributed by atoms with E-state index in [0.717, 1.165) is 22.4 Å². The largest absolute Gasteiger partial charge is 0.343 e. The van der Waals surface area contributed by atoms with E-state index >= 15 is 0 Å². The van der Waals surface area contributed by atoms with Gasteiger partial charge in [-0.05, 0) is 44.9 Å². The quantitative estimate of drug-likeness (QED) is 0.695. The fourth-order valence-corrected chi connectivity index (χ4v) is 5.27.